The standard InChI is InChI=1S/C21H35N3O3/c1-16(15-24-10-6-5-7-11-24)14-22-17(2)12-21(25)23-19-13-18(26-3)8-9-20(19)27-4/h8-9,13,16-17,22H,5-7,10-12,14-15H2,1-4H3,(H,23,25). The van der Waals surface area contributed by atoms with Crippen LogP contribution in [0.2, 0.25) is 0 Å². The van der Waals surface area contributed by atoms with Crippen molar-refractivity contribution in [3.63, 3.8) is 0 Å². The summed E-state index contributed by atoms with van der Waals surface area (Å²) in [5.74, 6) is 1.85. The van der Waals surface area contributed by atoms with Gasteiger partial charge in [-0.1, -0.05) is 13.3 Å². The molecule has 2 rings (SSSR count). The van der Waals surface area contributed by atoms with Gasteiger partial charge in [-0.3, -0.25) is 4.79 Å². The number of carbonyl (C=O) groups is 1. The number of hydrogen-bond acceptors (Lipinski definition) is 5. The zero-order valence-electron chi connectivity index (χ0n) is 17.2. The summed E-state index contributed by atoms with van der Waals surface area (Å²) < 4.78 is 10.5. The first kappa shape index (κ1) is 21.5. The van der Waals surface area contributed by atoms with Crippen LogP contribution >= 0.6 is 0 Å². The predicted octanol–water partition coefficient (Wildman–Crippen LogP) is 3.13. The third-order valence-corrected chi connectivity index (χ3v) is 5.01. The molecular formula is C21H35N3O3. The number of likely N-dealkylation sites (tertiary alicyclic amines) is 1. The Kier molecular flexibility index (Phi) is 8.88. The summed E-state index contributed by atoms with van der Waals surface area (Å²) in [5.41, 5.74) is 0.632. The zero-order valence-corrected chi connectivity index (χ0v) is 17.2. The van der Waals surface area contributed by atoms with Crippen LogP contribution in [0.15, 0.2) is 18.2 Å². The number of nitrogens with one attached hydrogen (secondary N) is 2. The fraction of sp³-hybridized carbons (Fsp3) is 0.667. The van der Waals surface area contributed by atoms with E-state index in [1.54, 1.807) is 26.4 Å². The van der Waals surface area contributed by atoms with Crippen LogP contribution in [-0.2, 0) is 4.79 Å². The van der Waals surface area contributed by atoms with Crippen LogP contribution in [0.3, 0.4) is 0 Å². The topological polar surface area (TPSA) is 62.8 Å². The summed E-state index contributed by atoms with van der Waals surface area (Å²) in [6.45, 7) is 8.83. The lowest BCUT2D eigenvalue weighted by molar-refractivity contribution is -0.116. The van der Waals surface area contributed by atoms with Gasteiger partial charge >= 0.3 is 0 Å². The second-order valence-corrected chi connectivity index (χ2v) is 7.59. The highest BCUT2D eigenvalue weighted by molar-refractivity contribution is 5.92. The Bertz CT molecular complexity index is 588. The molecule has 1 saturated heterocycles. The third kappa shape index (κ3) is 7.39. The van der Waals surface area contributed by atoms with E-state index >= 15 is 0 Å². The molecule has 1 amide bonds. The molecule has 2 N–H and O–H groups in total. The fourth-order valence-electron chi connectivity index (χ4n) is 3.51. The highest BCUT2D eigenvalue weighted by Crippen LogP contribution is 2.29. The quantitative estimate of drug-likeness (QED) is 0.656. The summed E-state index contributed by atoms with van der Waals surface area (Å²) >= 11 is 0. The van der Waals surface area contributed by atoms with Gasteiger partial charge in [-0.25, -0.2) is 0 Å². The summed E-state index contributed by atoms with van der Waals surface area (Å²) in [6.07, 6.45) is 4.43. The van der Waals surface area contributed by atoms with Gasteiger partial charge in [0.25, 0.3) is 0 Å². The number of piperidine rings is 1. The van der Waals surface area contributed by atoms with E-state index in [0.717, 1.165) is 13.1 Å². The van der Waals surface area contributed by atoms with Crippen molar-refractivity contribution in [2.45, 2.75) is 45.6 Å². The van der Waals surface area contributed by atoms with E-state index in [1.807, 2.05) is 6.07 Å². The van der Waals surface area contributed by atoms with Crippen LogP contribution in [0, 0.1) is 5.92 Å². The number of amides is 1. The van der Waals surface area contributed by atoms with Crippen molar-refractivity contribution >= 4 is 11.6 Å². The SMILES string of the molecule is COc1ccc(OC)c(NC(=O)CC(C)NCC(C)CN2CCCCC2)c1. The van der Waals surface area contributed by atoms with E-state index in [9.17, 15) is 4.79 Å². The minimum atomic E-state index is -0.0368. The highest BCUT2D eigenvalue weighted by atomic mass is 16.5. The lowest BCUT2D eigenvalue weighted by Crippen LogP contribution is -2.39. The van der Waals surface area contributed by atoms with Crippen molar-refractivity contribution in [3.8, 4) is 11.5 Å². The lowest BCUT2D eigenvalue weighted by Gasteiger charge is -2.29. The highest BCUT2D eigenvalue weighted by Gasteiger charge is 2.16. The molecule has 1 aromatic rings. The van der Waals surface area contributed by atoms with Crippen molar-refractivity contribution < 1.29 is 14.3 Å². The second-order valence-electron chi connectivity index (χ2n) is 7.59. The molecule has 2 atom stereocenters. The van der Waals surface area contributed by atoms with Crippen molar-refractivity contribution in [2.75, 3.05) is 45.7 Å². The van der Waals surface area contributed by atoms with Gasteiger partial charge in [-0.05, 0) is 57.5 Å². The summed E-state index contributed by atoms with van der Waals surface area (Å²) in [7, 11) is 3.19. The average Bonchev–Trinajstić information content (AvgIpc) is 2.67. The van der Waals surface area contributed by atoms with Gasteiger partial charge in [0.15, 0.2) is 0 Å². The van der Waals surface area contributed by atoms with Crippen LogP contribution in [0.4, 0.5) is 5.69 Å². The molecule has 0 aliphatic carbocycles. The number of hydrogen-bond donors (Lipinski definition) is 2. The first-order valence-corrected chi connectivity index (χ1v) is 9.99. The largest absolute Gasteiger partial charge is 0.497 e. The molecule has 6 heteroatoms. The Morgan fingerprint density at radius 3 is 2.56 bits per heavy atom. The monoisotopic (exact) mass is 377 g/mol. The maximum Gasteiger partial charge on any atom is 0.226 e. The summed E-state index contributed by atoms with van der Waals surface area (Å²) in [6, 6.07) is 5.49. The van der Waals surface area contributed by atoms with E-state index in [1.165, 1.54) is 32.4 Å². The summed E-state index contributed by atoms with van der Waals surface area (Å²) in [5, 5.41) is 6.42. The molecule has 1 aromatic carbocycles. The van der Waals surface area contributed by atoms with E-state index < -0.39 is 0 Å². The van der Waals surface area contributed by atoms with Gasteiger partial charge in [-0.15, -0.1) is 0 Å². The van der Waals surface area contributed by atoms with Crippen LogP contribution in [-0.4, -0.2) is 57.2 Å². The van der Waals surface area contributed by atoms with Crippen molar-refractivity contribution in [3.05, 3.63) is 18.2 Å². The van der Waals surface area contributed by atoms with Crippen molar-refractivity contribution in [1.29, 1.82) is 0 Å². The first-order valence-electron chi connectivity index (χ1n) is 9.99. The first-order chi connectivity index (χ1) is 13.0. The van der Waals surface area contributed by atoms with E-state index in [2.05, 4.69) is 29.4 Å². The van der Waals surface area contributed by atoms with Crippen molar-refractivity contribution in [2.24, 2.45) is 5.92 Å². The smallest absolute Gasteiger partial charge is 0.226 e. The normalized spacial score (nSPS) is 17.2. The van der Waals surface area contributed by atoms with Gasteiger partial charge < -0.3 is 25.0 Å². The molecule has 1 fully saturated rings. The lowest BCUT2D eigenvalue weighted by atomic mass is 10.1. The van der Waals surface area contributed by atoms with E-state index in [0.29, 0.717) is 29.5 Å². The molecule has 1 aliphatic rings. The minimum absolute atomic E-state index is 0.0368. The Morgan fingerprint density at radius 2 is 1.89 bits per heavy atom. The van der Waals surface area contributed by atoms with Crippen LogP contribution < -0.4 is 20.1 Å². The number of anilines is 1. The number of carbonyl (C=O) groups excluding carboxylic acids is 1. The molecule has 1 aliphatic heterocycles. The van der Waals surface area contributed by atoms with Gasteiger partial charge in [0.2, 0.25) is 5.91 Å². The number of benzene rings is 1. The fourth-order valence-corrected chi connectivity index (χ4v) is 3.51. The van der Waals surface area contributed by atoms with Gasteiger partial charge in [-0.2, -0.15) is 0 Å². The molecule has 2 unspecified atom stereocenters. The minimum Gasteiger partial charge on any atom is -0.497 e. The number of nitrogens with zero attached hydrogens (tertiary/aromatic N) is 1. The molecular weight excluding hydrogens is 342 g/mol. The van der Waals surface area contributed by atoms with Crippen LogP contribution in [0.25, 0.3) is 0 Å². The number of rotatable bonds is 10. The van der Waals surface area contributed by atoms with Crippen molar-refractivity contribution in [1.82, 2.24) is 10.2 Å². The average molecular weight is 378 g/mol. The van der Waals surface area contributed by atoms with E-state index in [4.69, 9.17) is 9.47 Å². The molecule has 0 aromatic heterocycles. The van der Waals surface area contributed by atoms with E-state index in [-0.39, 0.29) is 11.9 Å². The Labute approximate surface area is 163 Å². The predicted molar refractivity (Wildman–Crippen MR) is 110 cm³/mol. The maximum absolute atomic E-state index is 12.4. The Hall–Kier alpha value is -1.79. The van der Waals surface area contributed by atoms with Gasteiger partial charge in [0.1, 0.15) is 11.5 Å². The summed E-state index contributed by atoms with van der Waals surface area (Å²) in [4.78, 5) is 15.0. The molecule has 0 saturated carbocycles. The number of methoxy groups -OCH3 is 2. The molecule has 1 heterocycles. The van der Waals surface area contributed by atoms with Crippen LogP contribution in [0.5, 0.6) is 11.5 Å². The molecule has 0 radical (unpaired) electrons. The maximum atomic E-state index is 12.4. The van der Waals surface area contributed by atoms with Gasteiger partial charge in [0, 0.05) is 25.1 Å². The van der Waals surface area contributed by atoms with Crippen LogP contribution in [0.1, 0.15) is 39.5 Å². The zero-order chi connectivity index (χ0) is 19.6. The molecule has 6 nitrogen and oxygen atoms in total. The molecule has 0 spiro atoms. The second kappa shape index (κ2) is 11.1. The van der Waals surface area contributed by atoms with Gasteiger partial charge in [0.05, 0.1) is 19.9 Å². The molecule has 27 heavy (non-hydrogen) atoms. The third-order valence-electron chi connectivity index (χ3n) is 5.01. The molecule has 152 valence electrons. The number of ether oxygens (including phenoxy) is 2. The Morgan fingerprint density at radius 1 is 1.15 bits per heavy atom. The molecule has 0 bridgehead atoms. The Balaban J connectivity index is 1.74.